The summed E-state index contributed by atoms with van der Waals surface area (Å²) >= 11 is 1.39. The van der Waals surface area contributed by atoms with Crippen LogP contribution in [0.1, 0.15) is 23.6 Å². The van der Waals surface area contributed by atoms with E-state index >= 15 is 0 Å². The van der Waals surface area contributed by atoms with Crippen molar-refractivity contribution in [3.8, 4) is 5.69 Å². The summed E-state index contributed by atoms with van der Waals surface area (Å²) in [6.45, 7) is 6.71. The number of thioether (sulfide) groups is 1. The summed E-state index contributed by atoms with van der Waals surface area (Å²) in [6.07, 6.45) is 0.902. The lowest BCUT2D eigenvalue weighted by Crippen LogP contribution is -2.35. The van der Waals surface area contributed by atoms with E-state index in [1.54, 1.807) is 4.68 Å². The van der Waals surface area contributed by atoms with Crippen LogP contribution in [0.3, 0.4) is 0 Å². The van der Waals surface area contributed by atoms with Gasteiger partial charge in [0.1, 0.15) is 0 Å². The number of benzene rings is 2. The maximum Gasteiger partial charge on any atom is 0.240 e. The van der Waals surface area contributed by atoms with Crippen LogP contribution in [0.2, 0.25) is 0 Å². The number of amides is 1. The minimum absolute atomic E-state index is 0.0843. The number of rotatable bonds is 4. The molecule has 0 N–H and O–H groups in total. The van der Waals surface area contributed by atoms with Crippen molar-refractivity contribution in [1.82, 2.24) is 20.2 Å². The molecule has 1 aliphatic heterocycles. The topological polar surface area (TPSA) is 63.9 Å². The first-order valence-electron chi connectivity index (χ1n) is 8.97. The molecule has 3 aromatic rings. The average Bonchev–Trinajstić information content (AvgIpc) is 3.28. The lowest BCUT2D eigenvalue weighted by molar-refractivity contribution is -0.117. The van der Waals surface area contributed by atoms with E-state index in [-0.39, 0.29) is 11.2 Å². The van der Waals surface area contributed by atoms with Gasteiger partial charge in [0.25, 0.3) is 0 Å². The van der Waals surface area contributed by atoms with E-state index in [0.717, 1.165) is 35.5 Å². The van der Waals surface area contributed by atoms with Gasteiger partial charge in [0.15, 0.2) is 0 Å². The second-order valence-corrected chi connectivity index (χ2v) is 8.05. The van der Waals surface area contributed by atoms with E-state index in [0.29, 0.717) is 5.16 Å². The van der Waals surface area contributed by atoms with Gasteiger partial charge in [0.2, 0.25) is 11.1 Å². The number of fused-ring (bicyclic) bond motifs is 1. The monoisotopic (exact) mass is 379 g/mol. The Morgan fingerprint density at radius 2 is 1.85 bits per heavy atom. The van der Waals surface area contributed by atoms with Gasteiger partial charge in [-0.05, 0) is 60.4 Å². The molecule has 0 spiro atoms. The van der Waals surface area contributed by atoms with Crippen LogP contribution in [0, 0.1) is 13.8 Å². The summed E-state index contributed by atoms with van der Waals surface area (Å²) < 4.78 is 1.73. The fraction of sp³-hybridized carbons (Fsp3) is 0.300. The summed E-state index contributed by atoms with van der Waals surface area (Å²) in [6, 6.07) is 14.2. The zero-order valence-corrected chi connectivity index (χ0v) is 16.4. The Hall–Kier alpha value is -2.67. The van der Waals surface area contributed by atoms with Crippen LogP contribution in [0.4, 0.5) is 5.69 Å². The van der Waals surface area contributed by atoms with Gasteiger partial charge < -0.3 is 4.90 Å². The second kappa shape index (κ2) is 7.15. The first kappa shape index (κ1) is 17.7. The molecule has 0 fully saturated rings. The number of hydrogen-bond acceptors (Lipinski definition) is 5. The van der Waals surface area contributed by atoms with Crippen molar-refractivity contribution in [2.75, 3.05) is 11.4 Å². The number of aryl methyl sites for hydroxylation is 2. The number of tetrazole rings is 1. The minimum Gasteiger partial charge on any atom is -0.311 e. The Kier molecular flexibility index (Phi) is 4.70. The molecule has 0 bridgehead atoms. The van der Waals surface area contributed by atoms with Gasteiger partial charge in [0.05, 0.1) is 10.9 Å². The highest BCUT2D eigenvalue weighted by atomic mass is 32.2. The molecule has 4 rings (SSSR count). The minimum atomic E-state index is -0.287. The van der Waals surface area contributed by atoms with Crippen LogP contribution in [0.25, 0.3) is 5.69 Å². The highest BCUT2D eigenvalue weighted by Gasteiger charge is 2.29. The van der Waals surface area contributed by atoms with E-state index in [1.807, 2.05) is 62.1 Å². The molecule has 0 saturated heterocycles. The second-order valence-electron chi connectivity index (χ2n) is 6.74. The molecule has 1 amide bonds. The van der Waals surface area contributed by atoms with E-state index in [9.17, 15) is 4.79 Å². The third kappa shape index (κ3) is 3.23. The van der Waals surface area contributed by atoms with Crippen LogP contribution in [0.5, 0.6) is 0 Å². The van der Waals surface area contributed by atoms with Crippen LogP contribution in [-0.2, 0) is 11.2 Å². The van der Waals surface area contributed by atoms with Crippen molar-refractivity contribution >= 4 is 23.4 Å². The van der Waals surface area contributed by atoms with Crippen molar-refractivity contribution in [1.29, 1.82) is 0 Å². The fourth-order valence-electron chi connectivity index (χ4n) is 3.53. The first-order chi connectivity index (χ1) is 13.1. The van der Waals surface area contributed by atoms with Gasteiger partial charge in [-0.1, -0.05) is 48.2 Å². The lowest BCUT2D eigenvalue weighted by Gasteiger charge is -2.21. The summed E-state index contributed by atoms with van der Waals surface area (Å²) in [5.74, 6) is 0.0843. The number of para-hydroxylation sites is 2. The van der Waals surface area contributed by atoms with Crippen molar-refractivity contribution in [3.63, 3.8) is 0 Å². The van der Waals surface area contributed by atoms with Crippen LogP contribution >= 0.6 is 11.8 Å². The Bertz CT molecular complexity index is 979. The van der Waals surface area contributed by atoms with E-state index < -0.39 is 0 Å². The van der Waals surface area contributed by atoms with E-state index in [4.69, 9.17) is 0 Å². The maximum atomic E-state index is 13.0. The molecule has 2 aromatic carbocycles. The van der Waals surface area contributed by atoms with Gasteiger partial charge in [-0.25, -0.2) is 0 Å². The van der Waals surface area contributed by atoms with Crippen molar-refractivity contribution in [2.24, 2.45) is 0 Å². The summed E-state index contributed by atoms with van der Waals surface area (Å²) in [5, 5.41) is 12.5. The number of hydrogen-bond donors (Lipinski definition) is 0. The normalized spacial score (nSPS) is 14.3. The smallest absolute Gasteiger partial charge is 0.240 e. The lowest BCUT2D eigenvalue weighted by atomic mass is 10.1. The van der Waals surface area contributed by atoms with E-state index in [2.05, 4.69) is 21.6 Å². The van der Waals surface area contributed by atoms with Gasteiger partial charge in [0, 0.05) is 12.2 Å². The predicted molar refractivity (Wildman–Crippen MR) is 106 cm³/mol. The highest BCUT2D eigenvalue weighted by Crippen LogP contribution is 2.32. The molecule has 2 heterocycles. The Morgan fingerprint density at radius 1 is 1.11 bits per heavy atom. The zero-order valence-electron chi connectivity index (χ0n) is 15.6. The summed E-state index contributed by atoms with van der Waals surface area (Å²) in [4.78, 5) is 14.9. The largest absolute Gasteiger partial charge is 0.311 e. The number of carbonyl (C=O) groups is 1. The first-order valence-corrected chi connectivity index (χ1v) is 9.85. The number of nitrogens with zero attached hydrogens (tertiary/aromatic N) is 5. The molecule has 138 valence electrons. The van der Waals surface area contributed by atoms with Crippen molar-refractivity contribution in [3.05, 3.63) is 59.2 Å². The molecular formula is C20H21N5OS. The molecule has 7 heteroatoms. The molecule has 0 aliphatic carbocycles. The molecule has 0 unspecified atom stereocenters. The predicted octanol–water partition coefficient (Wildman–Crippen LogP) is 3.35. The number of carbonyl (C=O) groups excluding carboxylic acids is 1. The van der Waals surface area contributed by atoms with Gasteiger partial charge in [-0.3, -0.25) is 4.79 Å². The van der Waals surface area contributed by atoms with Crippen LogP contribution < -0.4 is 4.90 Å². The number of aromatic nitrogens is 4. The van der Waals surface area contributed by atoms with Gasteiger partial charge >= 0.3 is 0 Å². The fourth-order valence-corrected chi connectivity index (χ4v) is 4.38. The molecule has 27 heavy (non-hydrogen) atoms. The molecular weight excluding hydrogens is 358 g/mol. The maximum absolute atomic E-state index is 13.0. The number of anilines is 1. The Morgan fingerprint density at radius 3 is 2.63 bits per heavy atom. The third-order valence-corrected chi connectivity index (χ3v) is 5.90. The third-order valence-electron chi connectivity index (χ3n) is 4.88. The summed E-state index contributed by atoms with van der Waals surface area (Å²) in [7, 11) is 0. The van der Waals surface area contributed by atoms with Crippen LogP contribution in [-0.4, -0.2) is 37.9 Å². The van der Waals surface area contributed by atoms with Crippen molar-refractivity contribution in [2.45, 2.75) is 37.6 Å². The molecule has 1 aliphatic rings. The quantitative estimate of drug-likeness (QED) is 0.651. The molecule has 6 nitrogen and oxygen atoms in total. The van der Waals surface area contributed by atoms with Gasteiger partial charge in [-0.15, -0.1) is 5.10 Å². The van der Waals surface area contributed by atoms with Crippen LogP contribution in [0.15, 0.2) is 47.6 Å². The standard InChI is InChI=1S/C20H21N5OS/c1-13-7-6-8-14(2)18(13)25-20(21-22-23-25)27-15(3)19(26)24-12-11-16-9-4-5-10-17(16)24/h4-10,15H,11-12H2,1-3H3/t15-/m1/s1. The van der Waals surface area contributed by atoms with Gasteiger partial charge in [-0.2, -0.15) is 4.68 Å². The Labute approximate surface area is 162 Å². The molecule has 0 radical (unpaired) electrons. The Balaban J connectivity index is 1.58. The molecule has 0 saturated carbocycles. The average molecular weight is 379 g/mol. The SMILES string of the molecule is Cc1cccc(C)c1-n1nnnc1S[C@H](C)C(=O)N1CCc2ccccc21. The zero-order chi connectivity index (χ0) is 19.0. The summed E-state index contributed by atoms with van der Waals surface area (Å²) in [5.41, 5.74) is 5.40. The van der Waals surface area contributed by atoms with Crippen molar-refractivity contribution < 1.29 is 4.79 Å². The van der Waals surface area contributed by atoms with E-state index in [1.165, 1.54) is 17.3 Å². The molecule has 1 aromatic heterocycles. The molecule has 1 atom stereocenters. The highest BCUT2D eigenvalue weighted by molar-refractivity contribution is 8.00.